The molecule has 3 heterocycles. The number of aryl methyl sites for hydroxylation is 3. The number of Topliss-reactive ketones (excluding diaryl/α,β-unsaturated/α-hetero) is 3. The van der Waals surface area contributed by atoms with Crippen molar-refractivity contribution in [3.63, 3.8) is 0 Å². The maximum absolute atomic E-state index is 13.3. The quantitative estimate of drug-likeness (QED) is 0.164. The number of halogens is 3. The monoisotopic (exact) mass is 1130 g/mol. The van der Waals surface area contributed by atoms with Crippen LogP contribution in [0.3, 0.4) is 0 Å². The topological polar surface area (TPSA) is 105 Å². The second-order valence-corrected chi connectivity index (χ2v) is 25.3. The summed E-state index contributed by atoms with van der Waals surface area (Å²) >= 11 is 0. The molecule has 0 N–H and O–H groups in total. The van der Waals surface area contributed by atoms with Crippen LogP contribution >= 0.6 is 0 Å². The number of hydrogen-bond acceptors (Lipinski definition) is 6. The zero-order chi connectivity index (χ0) is 57.9. The summed E-state index contributed by atoms with van der Waals surface area (Å²) in [7, 11) is 0. The van der Waals surface area contributed by atoms with Gasteiger partial charge in [0, 0.05) is 54.7 Å². The summed E-state index contributed by atoms with van der Waals surface area (Å²) in [5.74, 6) is 1.97. The molecule has 84 heavy (non-hydrogen) atoms. The van der Waals surface area contributed by atoms with Crippen molar-refractivity contribution in [3.8, 4) is 17.1 Å². The van der Waals surface area contributed by atoms with Crippen LogP contribution in [0.2, 0.25) is 0 Å². The highest BCUT2D eigenvalue weighted by Gasteiger charge is 2.48. The van der Waals surface area contributed by atoms with Gasteiger partial charge in [0.05, 0.1) is 52.2 Å². The first-order valence-electron chi connectivity index (χ1n) is 31.2. The van der Waals surface area contributed by atoms with E-state index in [4.69, 9.17) is 0 Å². The Morgan fingerprint density at radius 1 is 0.405 bits per heavy atom. The highest BCUT2D eigenvalue weighted by molar-refractivity contribution is 5.87. The average molecular weight is 1130 g/mol. The van der Waals surface area contributed by atoms with Crippen molar-refractivity contribution in [2.45, 2.75) is 172 Å². The molecule has 6 aliphatic carbocycles. The zero-order valence-corrected chi connectivity index (χ0v) is 48.7. The van der Waals surface area contributed by atoms with Gasteiger partial charge in [0.1, 0.15) is 34.8 Å². The average Bonchev–Trinajstić information content (AvgIpc) is 3.78. The lowest BCUT2D eigenvalue weighted by Gasteiger charge is -2.43. The third-order valence-corrected chi connectivity index (χ3v) is 21.4. The number of hydrogen-bond donors (Lipinski definition) is 0. The van der Waals surface area contributed by atoms with Crippen LogP contribution in [0.4, 0.5) is 13.2 Å². The van der Waals surface area contributed by atoms with E-state index in [9.17, 15) is 27.6 Å². The van der Waals surface area contributed by atoms with Gasteiger partial charge in [0.25, 0.3) is 0 Å². The van der Waals surface area contributed by atoms with Crippen LogP contribution in [-0.2, 0) is 49.9 Å². The van der Waals surface area contributed by atoms with Crippen molar-refractivity contribution < 1.29 is 27.6 Å². The lowest BCUT2D eigenvalue weighted by Crippen LogP contribution is -2.40. The molecule has 0 radical (unpaired) electrons. The second kappa shape index (κ2) is 22.5. The highest BCUT2D eigenvalue weighted by atomic mass is 19.1. The number of benzene rings is 6. The number of fused-ring (bicyclic) bond motifs is 12. The molecule has 3 fully saturated rings. The predicted octanol–water partition coefficient (Wildman–Crippen LogP) is 16.6. The van der Waals surface area contributed by atoms with Crippen LogP contribution in [0, 0.1) is 35.2 Å². The standard InChI is InChI=1S/3C24H25FN2O/c3*1-2-24-11-10-21(28)14-18(24)5-3-4-16-13-23-17(12-22(16)24)15-26-27(23)20-8-6-19(25)7-9-20/h3*6-9,12-13,15,18H,2-5,10-11,14H2,1H3/t3*18-,24-/m110/s1. The van der Waals surface area contributed by atoms with Crippen molar-refractivity contribution in [2.75, 3.05) is 0 Å². The molecule has 9 aromatic rings. The summed E-state index contributed by atoms with van der Waals surface area (Å²) in [6, 6.07) is 33.3. The summed E-state index contributed by atoms with van der Waals surface area (Å²) in [4.78, 5) is 36.5. The molecule has 12 heteroatoms. The lowest BCUT2D eigenvalue weighted by molar-refractivity contribution is -0.124. The van der Waals surface area contributed by atoms with Gasteiger partial charge >= 0.3 is 0 Å². The van der Waals surface area contributed by atoms with Crippen LogP contribution < -0.4 is 0 Å². The first-order valence-corrected chi connectivity index (χ1v) is 31.2. The molecule has 9 nitrogen and oxygen atoms in total. The van der Waals surface area contributed by atoms with Crippen LogP contribution in [0.15, 0.2) is 128 Å². The first-order chi connectivity index (χ1) is 40.8. The number of carbonyl (C=O) groups is 3. The molecule has 15 rings (SSSR count). The van der Waals surface area contributed by atoms with E-state index in [2.05, 4.69) is 72.5 Å². The molecule has 6 aliphatic rings. The summed E-state index contributed by atoms with van der Waals surface area (Å²) in [5.41, 5.74) is 14.7. The Morgan fingerprint density at radius 2 is 0.679 bits per heavy atom. The van der Waals surface area contributed by atoms with Gasteiger partial charge in [0.2, 0.25) is 0 Å². The van der Waals surface area contributed by atoms with E-state index in [1.54, 1.807) is 36.4 Å². The fourth-order valence-corrected chi connectivity index (χ4v) is 16.9. The van der Waals surface area contributed by atoms with E-state index in [0.29, 0.717) is 54.4 Å². The minimum Gasteiger partial charge on any atom is -0.300 e. The molecule has 3 aromatic heterocycles. The third-order valence-electron chi connectivity index (χ3n) is 21.4. The second-order valence-electron chi connectivity index (χ2n) is 25.3. The molecule has 0 unspecified atom stereocenters. The molecule has 0 aliphatic heterocycles. The fraction of sp³-hybridized carbons (Fsp3) is 0.417. The van der Waals surface area contributed by atoms with Gasteiger partial charge in [-0.15, -0.1) is 0 Å². The van der Waals surface area contributed by atoms with Gasteiger partial charge < -0.3 is 0 Å². The van der Waals surface area contributed by atoms with E-state index < -0.39 is 0 Å². The number of rotatable bonds is 6. The van der Waals surface area contributed by atoms with E-state index >= 15 is 0 Å². The van der Waals surface area contributed by atoms with Crippen LogP contribution in [0.25, 0.3) is 49.8 Å². The molecule has 6 atom stereocenters. The normalized spacial score (nSPS) is 24.6. The fourth-order valence-electron chi connectivity index (χ4n) is 16.9. The van der Waals surface area contributed by atoms with Gasteiger partial charge in [-0.3, -0.25) is 14.4 Å². The predicted molar refractivity (Wildman–Crippen MR) is 325 cm³/mol. The molecular formula is C72H75F3N6O3. The Labute approximate surface area is 490 Å². The van der Waals surface area contributed by atoms with Crippen molar-refractivity contribution in [3.05, 3.63) is 179 Å². The summed E-state index contributed by atoms with van der Waals surface area (Å²) < 4.78 is 45.7. The summed E-state index contributed by atoms with van der Waals surface area (Å²) in [6.07, 6.45) is 26.1. The number of ketones is 3. The maximum Gasteiger partial charge on any atom is 0.133 e. The van der Waals surface area contributed by atoms with Crippen LogP contribution in [-0.4, -0.2) is 46.7 Å². The number of nitrogens with zero attached hydrogens (tertiary/aromatic N) is 6. The SMILES string of the molecule is CC[C@@]12CCC(=O)C[C@H]1CCCc1cc3c(cnn3-c3ccc(F)cc3)cc12.CC[C@@]12CCC(=O)C[C@H]1CCCc1cc3c(cnn3-c3ccc(F)cc3)cc12.CC[C@]12CCC(=O)C[C@@H]1CCCc1cc3c(cnn3-c3ccc(F)cc3)cc12. The van der Waals surface area contributed by atoms with Gasteiger partial charge in [-0.2, -0.15) is 15.3 Å². The lowest BCUT2D eigenvalue weighted by atomic mass is 9.60. The number of carbonyl (C=O) groups excluding carboxylic acids is 3. The molecular weight excluding hydrogens is 1050 g/mol. The molecule has 3 saturated carbocycles. The molecule has 6 aromatic carbocycles. The van der Waals surface area contributed by atoms with E-state index in [0.717, 1.165) is 165 Å². The van der Waals surface area contributed by atoms with Gasteiger partial charge in [-0.25, -0.2) is 27.2 Å². The van der Waals surface area contributed by atoms with E-state index in [1.165, 1.54) is 69.8 Å². The Morgan fingerprint density at radius 3 is 0.940 bits per heavy atom. The molecule has 0 saturated heterocycles. The Kier molecular flexibility index (Phi) is 14.9. The zero-order valence-electron chi connectivity index (χ0n) is 48.7. The minimum atomic E-state index is -0.239. The van der Waals surface area contributed by atoms with Crippen molar-refractivity contribution in [2.24, 2.45) is 17.8 Å². The minimum absolute atomic E-state index is 0.117. The van der Waals surface area contributed by atoms with Crippen molar-refractivity contribution in [1.82, 2.24) is 29.3 Å². The van der Waals surface area contributed by atoms with E-state index in [1.807, 2.05) is 32.6 Å². The Bertz CT molecular complexity index is 3560. The van der Waals surface area contributed by atoms with Crippen molar-refractivity contribution >= 4 is 50.1 Å². The first kappa shape index (κ1) is 55.7. The smallest absolute Gasteiger partial charge is 0.133 e. The number of aromatic nitrogens is 6. The third kappa shape index (κ3) is 9.82. The largest absolute Gasteiger partial charge is 0.300 e. The maximum atomic E-state index is 13.3. The van der Waals surface area contributed by atoms with Gasteiger partial charge in [-0.1, -0.05) is 20.8 Å². The Balaban J connectivity index is 0.000000118. The van der Waals surface area contributed by atoms with Crippen molar-refractivity contribution in [1.29, 1.82) is 0 Å². The van der Waals surface area contributed by atoms with E-state index in [-0.39, 0.29) is 33.7 Å². The summed E-state index contributed by atoms with van der Waals surface area (Å²) in [5, 5.41) is 17.1. The van der Waals surface area contributed by atoms with Gasteiger partial charge in [0.15, 0.2) is 0 Å². The molecule has 432 valence electrons. The van der Waals surface area contributed by atoms with Crippen LogP contribution in [0.1, 0.15) is 170 Å². The molecule has 0 bridgehead atoms. The van der Waals surface area contributed by atoms with Gasteiger partial charge in [-0.05, 0) is 273 Å². The highest BCUT2D eigenvalue weighted by Crippen LogP contribution is 2.54. The Hall–Kier alpha value is -7.47. The molecule has 0 spiro atoms. The van der Waals surface area contributed by atoms with Crippen LogP contribution in [0.5, 0.6) is 0 Å². The summed E-state index contributed by atoms with van der Waals surface area (Å²) in [6.45, 7) is 6.85. The molecule has 0 amide bonds.